The summed E-state index contributed by atoms with van der Waals surface area (Å²) < 4.78 is 11.1. The van der Waals surface area contributed by atoms with Crippen molar-refractivity contribution in [3.63, 3.8) is 0 Å². The van der Waals surface area contributed by atoms with Crippen molar-refractivity contribution in [3.8, 4) is 11.4 Å². The highest BCUT2D eigenvalue weighted by Gasteiger charge is 2.31. The lowest BCUT2D eigenvalue weighted by Gasteiger charge is -2.27. The molecule has 2 aromatic heterocycles. The van der Waals surface area contributed by atoms with Crippen LogP contribution in [0.4, 0.5) is 0 Å². The summed E-state index contributed by atoms with van der Waals surface area (Å²) in [5.74, 6) is 1.72. The Bertz CT molecular complexity index is 959. The van der Waals surface area contributed by atoms with Gasteiger partial charge in [0.15, 0.2) is 5.11 Å². The van der Waals surface area contributed by atoms with Gasteiger partial charge in [-0.15, -0.1) is 0 Å². The van der Waals surface area contributed by atoms with E-state index in [1.54, 1.807) is 6.26 Å². The average Bonchev–Trinajstić information content (AvgIpc) is 3.26. The minimum atomic E-state index is -0.283. The first-order chi connectivity index (χ1) is 12.1. The number of hydrogen-bond acceptors (Lipinski definition) is 5. The van der Waals surface area contributed by atoms with E-state index in [0.29, 0.717) is 16.8 Å². The first-order valence-electron chi connectivity index (χ1n) is 7.85. The average molecular weight is 352 g/mol. The Labute approximate surface area is 149 Å². The number of thiocarbonyl (C=S) groups is 1. The molecule has 1 aliphatic heterocycles. The van der Waals surface area contributed by atoms with Crippen LogP contribution in [0.3, 0.4) is 0 Å². The Balaban J connectivity index is 1.78. The van der Waals surface area contributed by atoms with Crippen molar-refractivity contribution in [3.05, 3.63) is 65.6 Å². The standard InChI is InChI=1S/C18H16N4O2S/c1-10-6-3-4-7-12(10)16-21-17(24-22-16)14-11(2)19-18(25)20-15(14)13-8-5-9-23-13/h3-9,15H,1-2H3,(H2,19,20,25)/t15-/m0/s1. The van der Waals surface area contributed by atoms with Gasteiger partial charge < -0.3 is 19.6 Å². The van der Waals surface area contributed by atoms with Crippen LogP contribution in [0.1, 0.15) is 30.2 Å². The first-order valence-corrected chi connectivity index (χ1v) is 8.26. The molecule has 126 valence electrons. The minimum Gasteiger partial charge on any atom is -0.467 e. The largest absolute Gasteiger partial charge is 0.467 e. The molecule has 0 spiro atoms. The molecule has 7 heteroatoms. The predicted octanol–water partition coefficient (Wildman–Crippen LogP) is 3.59. The summed E-state index contributed by atoms with van der Waals surface area (Å²) in [7, 11) is 0. The molecule has 0 unspecified atom stereocenters. The molecule has 0 aliphatic carbocycles. The summed E-state index contributed by atoms with van der Waals surface area (Å²) in [5.41, 5.74) is 3.70. The van der Waals surface area contributed by atoms with Crippen LogP contribution in [0, 0.1) is 6.92 Å². The number of furan rings is 1. The number of hydrogen-bond donors (Lipinski definition) is 2. The number of aromatic nitrogens is 2. The molecule has 0 amide bonds. The topological polar surface area (TPSA) is 76.1 Å². The van der Waals surface area contributed by atoms with Gasteiger partial charge >= 0.3 is 0 Å². The zero-order chi connectivity index (χ0) is 17.4. The Hall–Kier alpha value is -2.93. The molecule has 3 aromatic rings. The van der Waals surface area contributed by atoms with Gasteiger partial charge in [0.1, 0.15) is 11.8 Å². The quantitative estimate of drug-likeness (QED) is 0.698. The first kappa shape index (κ1) is 15.6. The minimum absolute atomic E-state index is 0.283. The van der Waals surface area contributed by atoms with Gasteiger partial charge in [-0.25, -0.2) is 0 Å². The molecule has 2 N–H and O–H groups in total. The fraction of sp³-hybridized carbons (Fsp3) is 0.167. The molecule has 0 saturated carbocycles. The van der Waals surface area contributed by atoms with Crippen LogP contribution >= 0.6 is 12.2 Å². The maximum atomic E-state index is 5.56. The van der Waals surface area contributed by atoms with E-state index in [2.05, 4.69) is 20.8 Å². The number of nitrogens with zero attached hydrogens (tertiary/aromatic N) is 2. The number of benzene rings is 1. The third-order valence-electron chi connectivity index (χ3n) is 4.14. The van der Waals surface area contributed by atoms with Crippen molar-refractivity contribution >= 4 is 22.9 Å². The maximum absolute atomic E-state index is 5.56. The Morgan fingerprint density at radius 1 is 1.12 bits per heavy atom. The zero-order valence-corrected chi connectivity index (χ0v) is 14.6. The maximum Gasteiger partial charge on any atom is 0.258 e. The van der Waals surface area contributed by atoms with Crippen LogP contribution < -0.4 is 10.6 Å². The second-order valence-electron chi connectivity index (χ2n) is 5.82. The number of allylic oxidation sites excluding steroid dienone is 1. The molecule has 0 saturated heterocycles. The van der Waals surface area contributed by atoms with Crippen molar-refractivity contribution in [1.82, 2.24) is 20.8 Å². The van der Waals surface area contributed by atoms with Gasteiger partial charge in [0, 0.05) is 11.3 Å². The zero-order valence-electron chi connectivity index (χ0n) is 13.7. The van der Waals surface area contributed by atoms with Gasteiger partial charge in [-0.05, 0) is 43.8 Å². The summed E-state index contributed by atoms with van der Waals surface area (Å²) in [4.78, 5) is 4.60. The van der Waals surface area contributed by atoms with Crippen LogP contribution in [0.2, 0.25) is 0 Å². The van der Waals surface area contributed by atoms with Crippen molar-refractivity contribution < 1.29 is 8.94 Å². The van der Waals surface area contributed by atoms with E-state index in [9.17, 15) is 0 Å². The second kappa shape index (κ2) is 6.18. The highest BCUT2D eigenvalue weighted by molar-refractivity contribution is 7.80. The van der Waals surface area contributed by atoms with Gasteiger partial charge in [-0.2, -0.15) is 4.98 Å². The molecular weight excluding hydrogens is 336 g/mol. The second-order valence-corrected chi connectivity index (χ2v) is 6.23. The van der Waals surface area contributed by atoms with E-state index in [-0.39, 0.29) is 6.04 Å². The van der Waals surface area contributed by atoms with Gasteiger partial charge in [-0.1, -0.05) is 29.4 Å². The SMILES string of the molecule is CC1=C(c2nc(-c3ccccc3C)no2)[C@H](c2ccco2)NC(=S)N1. The van der Waals surface area contributed by atoms with E-state index in [4.69, 9.17) is 21.2 Å². The van der Waals surface area contributed by atoms with E-state index in [1.165, 1.54) is 0 Å². The lowest BCUT2D eigenvalue weighted by Crippen LogP contribution is -2.42. The Morgan fingerprint density at radius 3 is 2.72 bits per heavy atom. The van der Waals surface area contributed by atoms with E-state index in [0.717, 1.165) is 28.2 Å². The molecule has 25 heavy (non-hydrogen) atoms. The summed E-state index contributed by atoms with van der Waals surface area (Å²) in [6, 6.07) is 11.4. The summed E-state index contributed by atoms with van der Waals surface area (Å²) in [5, 5.41) is 11.0. The molecule has 1 aromatic carbocycles. The normalized spacial score (nSPS) is 17.4. The highest BCUT2D eigenvalue weighted by atomic mass is 32.1. The molecule has 3 heterocycles. The predicted molar refractivity (Wildman–Crippen MR) is 97.4 cm³/mol. The fourth-order valence-corrected chi connectivity index (χ4v) is 3.18. The number of aryl methyl sites for hydroxylation is 1. The summed E-state index contributed by atoms with van der Waals surface area (Å²) in [6.45, 7) is 3.94. The Kier molecular flexibility index (Phi) is 3.85. The van der Waals surface area contributed by atoms with Gasteiger partial charge in [0.05, 0.1) is 11.8 Å². The van der Waals surface area contributed by atoms with E-state index in [1.807, 2.05) is 50.2 Å². The molecule has 0 bridgehead atoms. The molecule has 0 fully saturated rings. The third kappa shape index (κ3) is 2.83. The van der Waals surface area contributed by atoms with Crippen molar-refractivity contribution in [1.29, 1.82) is 0 Å². The van der Waals surface area contributed by atoms with Crippen LogP contribution in [-0.4, -0.2) is 15.3 Å². The monoisotopic (exact) mass is 352 g/mol. The van der Waals surface area contributed by atoms with Crippen molar-refractivity contribution in [2.24, 2.45) is 0 Å². The van der Waals surface area contributed by atoms with Gasteiger partial charge in [0.2, 0.25) is 5.82 Å². The summed E-state index contributed by atoms with van der Waals surface area (Å²) >= 11 is 5.27. The van der Waals surface area contributed by atoms with Gasteiger partial charge in [0.25, 0.3) is 5.89 Å². The molecule has 4 rings (SSSR count). The molecule has 0 radical (unpaired) electrons. The summed E-state index contributed by atoms with van der Waals surface area (Å²) in [6.07, 6.45) is 1.63. The third-order valence-corrected chi connectivity index (χ3v) is 4.36. The smallest absolute Gasteiger partial charge is 0.258 e. The molecule has 1 atom stereocenters. The van der Waals surface area contributed by atoms with Crippen molar-refractivity contribution in [2.75, 3.05) is 0 Å². The lowest BCUT2D eigenvalue weighted by atomic mass is 10.0. The Morgan fingerprint density at radius 2 is 1.96 bits per heavy atom. The molecule has 1 aliphatic rings. The fourth-order valence-electron chi connectivity index (χ4n) is 2.91. The van der Waals surface area contributed by atoms with Crippen LogP contribution in [0.25, 0.3) is 17.0 Å². The number of rotatable bonds is 3. The van der Waals surface area contributed by atoms with Gasteiger partial charge in [-0.3, -0.25) is 0 Å². The van der Waals surface area contributed by atoms with Crippen LogP contribution in [0.5, 0.6) is 0 Å². The van der Waals surface area contributed by atoms with Crippen molar-refractivity contribution in [2.45, 2.75) is 19.9 Å². The van der Waals surface area contributed by atoms with E-state index < -0.39 is 0 Å². The molecule has 6 nitrogen and oxygen atoms in total. The van der Waals surface area contributed by atoms with Crippen LogP contribution in [0.15, 0.2) is 57.3 Å². The molecular formula is C18H16N4O2S. The number of nitrogens with one attached hydrogen (secondary N) is 2. The van der Waals surface area contributed by atoms with Crippen LogP contribution in [-0.2, 0) is 0 Å². The highest BCUT2D eigenvalue weighted by Crippen LogP contribution is 2.34. The lowest BCUT2D eigenvalue weighted by molar-refractivity contribution is 0.399. The van der Waals surface area contributed by atoms with E-state index >= 15 is 0 Å².